The Kier molecular flexibility index (Phi) is 4.34. The van der Waals surface area contributed by atoms with Gasteiger partial charge in [-0.05, 0) is 31.5 Å². The van der Waals surface area contributed by atoms with Crippen molar-refractivity contribution in [2.24, 2.45) is 0 Å². The summed E-state index contributed by atoms with van der Waals surface area (Å²) in [4.78, 5) is 15.8. The van der Waals surface area contributed by atoms with Crippen molar-refractivity contribution in [3.63, 3.8) is 0 Å². The number of urea groups is 1. The minimum absolute atomic E-state index is 0.119. The van der Waals surface area contributed by atoms with Crippen LogP contribution in [0.2, 0.25) is 5.02 Å². The van der Waals surface area contributed by atoms with Crippen molar-refractivity contribution in [2.75, 3.05) is 5.32 Å². The predicted octanol–water partition coefficient (Wildman–Crippen LogP) is 3.38. The lowest BCUT2D eigenvalue weighted by atomic mass is 10.1. The molecule has 0 spiro atoms. The summed E-state index contributed by atoms with van der Waals surface area (Å²) in [5.74, 6) is 0.644. The summed E-state index contributed by atoms with van der Waals surface area (Å²) in [6.07, 6.45) is 0. The third kappa shape index (κ3) is 3.90. The third-order valence-corrected chi connectivity index (χ3v) is 3.44. The second kappa shape index (κ2) is 5.99. The van der Waals surface area contributed by atoms with Crippen LogP contribution in [0.1, 0.15) is 24.4 Å². The van der Waals surface area contributed by atoms with E-state index in [1.165, 1.54) is 0 Å². The second-order valence-corrected chi connectivity index (χ2v) is 5.21. The van der Waals surface area contributed by atoms with E-state index in [1.54, 1.807) is 19.1 Å². The van der Waals surface area contributed by atoms with Gasteiger partial charge in [0.05, 0.1) is 6.04 Å². The van der Waals surface area contributed by atoms with Crippen molar-refractivity contribution in [3.05, 3.63) is 40.7 Å². The molecule has 0 bridgehead atoms. The van der Waals surface area contributed by atoms with Crippen molar-refractivity contribution in [2.45, 2.75) is 19.9 Å². The lowest BCUT2D eigenvalue weighted by molar-refractivity contribution is 0.249. The molecule has 1 heterocycles. The molecule has 0 aliphatic heterocycles. The monoisotopic (exact) mass is 296 g/mol. The Morgan fingerprint density at radius 2 is 2.05 bits per heavy atom. The van der Waals surface area contributed by atoms with Crippen molar-refractivity contribution in [1.29, 1.82) is 0 Å². The molecule has 1 unspecified atom stereocenters. The first kappa shape index (κ1) is 13.8. The van der Waals surface area contributed by atoms with Crippen LogP contribution in [0.15, 0.2) is 24.3 Å². The van der Waals surface area contributed by atoms with Gasteiger partial charge in [-0.1, -0.05) is 23.7 Å². The molecule has 0 aliphatic carbocycles. The van der Waals surface area contributed by atoms with Gasteiger partial charge in [0.15, 0.2) is 0 Å². The highest BCUT2D eigenvalue weighted by molar-refractivity contribution is 7.09. The van der Waals surface area contributed by atoms with E-state index in [1.807, 2.05) is 19.1 Å². The van der Waals surface area contributed by atoms with Gasteiger partial charge in [0.1, 0.15) is 5.82 Å². The van der Waals surface area contributed by atoms with Crippen LogP contribution >= 0.6 is 23.1 Å². The van der Waals surface area contributed by atoms with Gasteiger partial charge in [-0.3, -0.25) is 5.32 Å². The van der Waals surface area contributed by atoms with Crippen molar-refractivity contribution in [3.8, 4) is 0 Å². The smallest absolute Gasteiger partial charge is 0.321 e. The number of anilines is 1. The maximum absolute atomic E-state index is 11.8. The number of nitrogens with one attached hydrogen (secondary N) is 2. The predicted molar refractivity (Wildman–Crippen MR) is 76.7 cm³/mol. The molecule has 1 aromatic carbocycles. The highest BCUT2D eigenvalue weighted by Gasteiger charge is 2.11. The van der Waals surface area contributed by atoms with E-state index >= 15 is 0 Å². The standard InChI is InChI=1S/C12H13ClN4OS/c1-7(9-3-5-10(13)6-4-9)14-11(18)16-12-15-8(2)17-19-12/h3-7H,1-2H3,(H2,14,15,16,17,18). The number of hydrogen-bond donors (Lipinski definition) is 2. The van der Waals surface area contributed by atoms with Gasteiger partial charge in [0.25, 0.3) is 0 Å². The zero-order valence-corrected chi connectivity index (χ0v) is 12.0. The SMILES string of the molecule is Cc1nsc(NC(=O)NC(C)c2ccc(Cl)cc2)n1. The molecule has 1 atom stereocenters. The number of aryl methyl sites for hydroxylation is 1. The van der Waals surface area contributed by atoms with Gasteiger partial charge in [0.2, 0.25) is 5.13 Å². The summed E-state index contributed by atoms with van der Waals surface area (Å²) in [6, 6.07) is 6.91. The van der Waals surface area contributed by atoms with Crippen molar-refractivity contribution in [1.82, 2.24) is 14.7 Å². The molecule has 2 N–H and O–H groups in total. The summed E-state index contributed by atoms with van der Waals surface area (Å²) in [6.45, 7) is 3.67. The average molecular weight is 297 g/mol. The largest absolute Gasteiger partial charge is 0.331 e. The quantitative estimate of drug-likeness (QED) is 0.912. The minimum atomic E-state index is -0.307. The highest BCUT2D eigenvalue weighted by Crippen LogP contribution is 2.16. The zero-order valence-electron chi connectivity index (χ0n) is 10.5. The van der Waals surface area contributed by atoms with Crippen molar-refractivity contribution < 1.29 is 4.79 Å². The number of amides is 2. The van der Waals surface area contributed by atoms with E-state index in [2.05, 4.69) is 20.0 Å². The average Bonchev–Trinajstić information content (AvgIpc) is 2.75. The topological polar surface area (TPSA) is 66.9 Å². The molecule has 0 saturated heterocycles. The molecule has 2 aromatic rings. The number of rotatable bonds is 3. The van der Waals surface area contributed by atoms with Crippen LogP contribution in [0.25, 0.3) is 0 Å². The van der Waals surface area contributed by atoms with Crippen LogP contribution in [0, 0.1) is 6.92 Å². The summed E-state index contributed by atoms with van der Waals surface area (Å²) in [5, 5.41) is 6.62. The van der Waals surface area contributed by atoms with E-state index in [0.29, 0.717) is 16.0 Å². The lowest BCUT2D eigenvalue weighted by Gasteiger charge is -2.14. The molecule has 19 heavy (non-hydrogen) atoms. The Hall–Kier alpha value is -1.66. The first-order valence-corrected chi connectivity index (χ1v) is 6.83. The normalized spacial score (nSPS) is 11.9. The Balaban J connectivity index is 1.93. The van der Waals surface area contributed by atoms with Gasteiger partial charge in [0, 0.05) is 16.6 Å². The molecule has 0 saturated carbocycles. The maximum Gasteiger partial charge on any atom is 0.321 e. The number of carbonyl (C=O) groups excluding carboxylic acids is 1. The number of carbonyl (C=O) groups is 1. The van der Waals surface area contributed by atoms with Gasteiger partial charge in [-0.15, -0.1) is 0 Å². The molecule has 0 radical (unpaired) electrons. The highest BCUT2D eigenvalue weighted by atomic mass is 35.5. The number of nitrogens with zero attached hydrogens (tertiary/aromatic N) is 2. The summed E-state index contributed by atoms with van der Waals surface area (Å²) in [7, 11) is 0. The van der Waals surface area contributed by atoms with E-state index in [0.717, 1.165) is 17.1 Å². The molecule has 5 nitrogen and oxygen atoms in total. The zero-order chi connectivity index (χ0) is 13.8. The minimum Gasteiger partial charge on any atom is -0.331 e. The Morgan fingerprint density at radius 1 is 1.37 bits per heavy atom. The summed E-state index contributed by atoms with van der Waals surface area (Å²) in [5.41, 5.74) is 0.980. The molecular weight excluding hydrogens is 284 g/mol. The van der Waals surface area contributed by atoms with Crippen LogP contribution in [0.5, 0.6) is 0 Å². The van der Waals surface area contributed by atoms with E-state index < -0.39 is 0 Å². The Bertz CT molecular complexity index is 569. The van der Waals surface area contributed by atoms with Gasteiger partial charge >= 0.3 is 6.03 Å². The van der Waals surface area contributed by atoms with Crippen LogP contribution in [-0.2, 0) is 0 Å². The lowest BCUT2D eigenvalue weighted by Crippen LogP contribution is -2.31. The Morgan fingerprint density at radius 3 is 2.63 bits per heavy atom. The molecular formula is C12H13ClN4OS. The van der Waals surface area contributed by atoms with Crippen LogP contribution in [0.3, 0.4) is 0 Å². The summed E-state index contributed by atoms with van der Waals surface area (Å²) >= 11 is 6.97. The molecule has 0 fully saturated rings. The fraction of sp³-hybridized carbons (Fsp3) is 0.250. The fourth-order valence-electron chi connectivity index (χ4n) is 1.51. The number of aromatic nitrogens is 2. The molecule has 0 aliphatic rings. The van der Waals surface area contributed by atoms with E-state index in [9.17, 15) is 4.79 Å². The van der Waals surface area contributed by atoms with Gasteiger partial charge in [-0.25, -0.2) is 9.78 Å². The van der Waals surface area contributed by atoms with Crippen molar-refractivity contribution >= 4 is 34.3 Å². The first-order valence-electron chi connectivity index (χ1n) is 5.68. The third-order valence-electron chi connectivity index (χ3n) is 2.47. The summed E-state index contributed by atoms with van der Waals surface area (Å²) < 4.78 is 3.99. The van der Waals surface area contributed by atoms with Gasteiger partial charge in [-0.2, -0.15) is 4.37 Å². The van der Waals surface area contributed by atoms with E-state index in [4.69, 9.17) is 11.6 Å². The first-order chi connectivity index (χ1) is 9.04. The Labute approximate surface area is 120 Å². The number of benzene rings is 1. The molecule has 100 valence electrons. The second-order valence-electron chi connectivity index (χ2n) is 4.02. The fourth-order valence-corrected chi connectivity index (χ4v) is 2.21. The van der Waals surface area contributed by atoms with Crippen LogP contribution < -0.4 is 10.6 Å². The van der Waals surface area contributed by atoms with Crippen LogP contribution in [0.4, 0.5) is 9.93 Å². The maximum atomic E-state index is 11.8. The molecule has 2 amide bonds. The van der Waals surface area contributed by atoms with Crippen LogP contribution in [-0.4, -0.2) is 15.4 Å². The number of hydrogen-bond acceptors (Lipinski definition) is 4. The molecule has 2 rings (SSSR count). The molecule has 7 heteroatoms. The van der Waals surface area contributed by atoms with E-state index in [-0.39, 0.29) is 12.1 Å². The number of halogens is 1. The molecule has 1 aromatic heterocycles. The van der Waals surface area contributed by atoms with Gasteiger partial charge < -0.3 is 5.32 Å².